The molecule has 0 atom stereocenters. The standard InChI is InChI=1S/C11H14BrN5O/c1-3-13-7-11-14-15-16-17(11)8-4-5-10(18-2)9(12)6-8/h4-6,13H,3,7H2,1-2H3. The van der Waals surface area contributed by atoms with Crippen molar-refractivity contribution in [3.8, 4) is 11.4 Å². The highest BCUT2D eigenvalue weighted by Crippen LogP contribution is 2.26. The molecule has 1 heterocycles. The fraction of sp³-hybridized carbons (Fsp3) is 0.364. The predicted octanol–water partition coefficient (Wildman–Crippen LogP) is 1.54. The number of rotatable bonds is 5. The molecule has 0 aliphatic rings. The zero-order valence-corrected chi connectivity index (χ0v) is 11.8. The Morgan fingerprint density at radius 3 is 2.94 bits per heavy atom. The van der Waals surface area contributed by atoms with E-state index in [2.05, 4.69) is 36.8 Å². The number of nitrogens with one attached hydrogen (secondary N) is 1. The molecular formula is C11H14BrN5O. The van der Waals surface area contributed by atoms with Crippen LogP contribution in [0.5, 0.6) is 5.75 Å². The van der Waals surface area contributed by atoms with Gasteiger partial charge in [0, 0.05) is 0 Å². The predicted molar refractivity (Wildman–Crippen MR) is 70.8 cm³/mol. The van der Waals surface area contributed by atoms with Gasteiger partial charge in [0.25, 0.3) is 0 Å². The molecule has 1 N–H and O–H groups in total. The first kappa shape index (κ1) is 13.0. The van der Waals surface area contributed by atoms with E-state index in [-0.39, 0.29) is 0 Å². The molecule has 2 aromatic rings. The lowest BCUT2D eigenvalue weighted by Gasteiger charge is -2.07. The van der Waals surface area contributed by atoms with Crippen LogP contribution in [-0.4, -0.2) is 33.9 Å². The molecule has 2 rings (SSSR count). The number of halogens is 1. The first-order chi connectivity index (χ1) is 8.76. The minimum atomic E-state index is 0.632. The van der Waals surface area contributed by atoms with E-state index in [1.54, 1.807) is 11.8 Å². The van der Waals surface area contributed by atoms with E-state index in [4.69, 9.17) is 4.74 Å². The summed E-state index contributed by atoms with van der Waals surface area (Å²) in [5.74, 6) is 1.55. The molecule has 0 aliphatic heterocycles. The molecule has 0 fully saturated rings. The number of benzene rings is 1. The van der Waals surface area contributed by atoms with Crippen LogP contribution in [0.4, 0.5) is 0 Å². The molecule has 1 aromatic heterocycles. The van der Waals surface area contributed by atoms with Crippen molar-refractivity contribution in [3.63, 3.8) is 0 Å². The van der Waals surface area contributed by atoms with Gasteiger partial charge in [0.05, 0.1) is 23.8 Å². The van der Waals surface area contributed by atoms with Gasteiger partial charge in [-0.3, -0.25) is 0 Å². The van der Waals surface area contributed by atoms with Crippen LogP contribution in [0.2, 0.25) is 0 Å². The van der Waals surface area contributed by atoms with Gasteiger partial charge in [-0.25, -0.2) is 0 Å². The molecule has 6 nitrogen and oxygen atoms in total. The van der Waals surface area contributed by atoms with Crippen molar-refractivity contribution >= 4 is 15.9 Å². The van der Waals surface area contributed by atoms with Crippen LogP contribution in [0.3, 0.4) is 0 Å². The minimum absolute atomic E-state index is 0.632. The smallest absolute Gasteiger partial charge is 0.170 e. The summed E-state index contributed by atoms with van der Waals surface area (Å²) in [7, 11) is 1.63. The van der Waals surface area contributed by atoms with Crippen LogP contribution in [0, 0.1) is 0 Å². The molecule has 0 saturated carbocycles. The second-order valence-corrected chi connectivity index (χ2v) is 4.46. The van der Waals surface area contributed by atoms with Gasteiger partial charge in [0.1, 0.15) is 5.75 Å². The molecule has 0 radical (unpaired) electrons. The summed E-state index contributed by atoms with van der Waals surface area (Å²) in [6.07, 6.45) is 0. The monoisotopic (exact) mass is 311 g/mol. The first-order valence-corrected chi connectivity index (χ1v) is 6.37. The SMILES string of the molecule is CCNCc1nnnn1-c1ccc(OC)c(Br)c1. The Morgan fingerprint density at radius 2 is 2.28 bits per heavy atom. The Bertz CT molecular complexity index is 528. The van der Waals surface area contributed by atoms with Crippen molar-refractivity contribution in [2.75, 3.05) is 13.7 Å². The topological polar surface area (TPSA) is 64.9 Å². The van der Waals surface area contributed by atoms with Gasteiger partial charge in [-0.1, -0.05) is 6.92 Å². The Hall–Kier alpha value is -1.47. The number of nitrogens with zero attached hydrogens (tertiary/aromatic N) is 4. The Labute approximate surface area is 113 Å². The average molecular weight is 312 g/mol. The second-order valence-electron chi connectivity index (χ2n) is 3.61. The van der Waals surface area contributed by atoms with Crippen molar-refractivity contribution in [2.24, 2.45) is 0 Å². The lowest BCUT2D eigenvalue weighted by Crippen LogP contribution is -2.16. The molecule has 0 amide bonds. The normalized spacial score (nSPS) is 10.6. The number of hydrogen-bond acceptors (Lipinski definition) is 5. The van der Waals surface area contributed by atoms with E-state index in [0.29, 0.717) is 6.54 Å². The fourth-order valence-corrected chi connectivity index (χ4v) is 2.07. The summed E-state index contributed by atoms with van der Waals surface area (Å²) < 4.78 is 7.76. The van der Waals surface area contributed by atoms with Gasteiger partial charge < -0.3 is 10.1 Å². The van der Waals surface area contributed by atoms with E-state index >= 15 is 0 Å². The quantitative estimate of drug-likeness (QED) is 0.907. The Balaban J connectivity index is 2.31. The highest BCUT2D eigenvalue weighted by molar-refractivity contribution is 9.10. The molecule has 18 heavy (non-hydrogen) atoms. The Morgan fingerprint density at radius 1 is 1.44 bits per heavy atom. The van der Waals surface area contributed by atoms with Gasteiger partial charge in [-0.05, 0) is 51.1 Å². The summed E-state index contributed by atoms with van der Waals surface area (Å²) in [5, 5.41) is 14.9. The number of aromatic nitrogens is 4. The number of hydrogen-bond donors (Lipinski definition) is 1. The molecule has 1 aromatic carbocycles. The van der Waals surface area contributed by atoms with Gasteiger partial charge in [-0.15, -0.1) is 5.10 Å². The summed E-state index contributed by atoms with van der Waals surface area (Å²) in [6.45, 7) is 3.55. The maximum Gasteiger partial charge on any atom is 0.170 e. The molecule has 0 spiro atoms. The van der Waals surface area contributed by atoms with Crippen LogP contribution < -0.4 is 10.1 Å². The third-order valence-electron chi connectivity index (χ3n) is 2.45. The fourth-order valence-electron chi connectivity index (χ4n) is 1.54. The summed E-state index contributed by atoms with van der Waals surface area (Å²) in [4.78, 5) is 0. The molecule has 0 bridgehead atoms. The molecule has 0 saturated heterocycles. The number of ether oxygens (including phenoxy) is 1. The largest absolute Gasteiger partial charge is 0.496 e. The van der Waals surface area contributed by atoms with Gasteiger partial charge in [0.2, 0.25) is 0 Å². The van der Waals surface area contributed by atoms with Crippen molar-refractivity contribution in [1.82, 2.24) is 25.5 Å². The van der Waals surface area contributed by atoms with Crippen molar-refractivity contribution in [1.29, 1.82) is 0 Å². The van der Waals surface area contributed by atoms with E-state index in [1.807, 2.05) is 25.1 Å². The first-order valence-electron chi connectivity index (χ1n) is 5.58. The zero-order valence-electron chi connectivity index (χ0n) is 10.2. The lowest BCUT2D eigenvalue weighted by molar-refractivity contribution is 0.412. The average Bonchev–Trinajstić information content (AvgIpc) is 2.84. The maximum atomic E-state index is 5.19. The van der Waals surface area contributed by atoms with Gasteiger partial charge >= 0.3 is 0 Å². The number of tetrazole rings is 1. The molecule has 96 valence electrons. The number of methoxy groups -OCH3 is 1. The van der Waals surface area contributed by atoms with Crippen molar-refractivity contribution in [2.45, 2.75) is 13.5 Å². The maximum absolute atomic E-state index is 5.19. The molecular weight excluding hydrogens is 298 g/mol. The van der Waals surface area contributed by atoms with Gasteiger partial charge in [-0.2, -0.15) is 4.68 Å². The molecule has 0 unspecified atom stereocenters. The molecule has 7 heteroatoms. The van der Waals surface area contributed by atoms with Crippen LogP contribution in [-0.2, 0) is 6.54 Å². The summed E-state index contributed by atoms with van der Waals surface area (Å²) in [6, 6.07) is 5.71. The zero-order chi connectivity index (χ0) is 13.0. The van der Waals surface area contributed by atoms with Crippen LogP contribution in [0.15, 0.2) is 22.7 Å². The third kappa shape index (κ3) is 2.68. The van der Waals surface area contributed by atoms with Crippen molar-refractivity contribution in [3.05, 3.63) is 28.5 Å². The van der Waals surface area contributed by atoms with Crippen LogP contribution in [0.1, 0.15) is 12.7 Å². The van der Waals surface area contributed by atoms with Crippen LogP contribution >= 0.6 is 15.9 Å². The van der Waals surface area contributed by atoms with Crippen LogP contribution in [0.25, 0.3) is 5.69 Å². The summed E-state index contributed by atoms with van der Waals surface area (Å²) in [5.41, 5.74) is 0.889. The highest BCUT2D eigenvalue weighted by atomic mass is 79.9. The summed E-state index contributed by atoms with van der Waals surface area (Å²) >= 11 is 3.45. The van der Waals surface area contributed by atoms with E-state index < -0.39 is 0 Å². The van der Waals surface area contributed by atoms with E-state index in [1.165, 1.54) is 0 Å². The Kier molecular flexibility index (Phi) is 4.27. The van der Waals surface area contributed by atoms with Gasteiger partial charge in [0.15, 0.2) is 5.82 Å². The minimum Gasteiger partial charge on any atom is -0.496 e. The second kappa shape index (κ2) is 5.92. The van der Waals surface area contributed by atoms with E-state index in [0.717, 1.165) is 28.3 Å². The third-order valence-corrected chi connectivity index (χ3v) is 3.07. The van der Waals surface area contributed by atoms with E-state index in [9.17, 15) is 0 Å². The van der Waals surface area contributed by atoms with Crippen molar-refractivity contribution < 1.29 is 4.74 Å². The highest BCUT2D eigenvalue weighted by Gasteiger charge is 2.09. The lowest BCUT2D eigenvalue weighted by atomic mass is 10.3. The molecule has 0 aliphatic carbocycles.